The predicted octanol–water partition coefficient (Wildman–Crippen LogP) is 5.41. The van der Waals surface area contributed by atoms with Crippen LogP contribution in [-0.4, -0.2) is 29.7 Å². The van der Waals surface area contributed by atoms with Gasteiger partial charge in [0.1, 0.15) is 29.4 Å². The normalized spacial score (nSPS) is 11.4. The number of oxazole rings is 1. The SMILES string of the molecule is Cc1oc(-c2ccccc2)nc1COc1ccc(CCCNOCCC(=O)OC(C)(C)C)cc1. The van der Waals surface area contributed by atoms with E-state index in [4.69, 9.17) is 18.7 Å². The third-order valence-electron chi connectivity index (χ3n) is 4.89. The van der Waals surface area contributed by atoms with Gasteiger partial charge < -0.3 is 18.7 Å². The van der Waals surface area contributed by atoms with Crippen molar-refractivity contribution in [2.45, 2.75) is 59.2 Å². The Kier molecular flexibility index (Phi) is 9.24. The van der Waals surface area contributed by atoms with Gasteiger partial charge in [0.25, 0.3) is 0 Å². The van der Waals surface area contributed by atoms with E-state index in [1.54, 1.807) is 0 Å². The van der Waals surface area contributed by atoms with Gasteiger partial charge in [0, 0.05) is 12.1 Å². The molecule has 1 heterocycles. The Hall–Kier alpha value is -3.16. The number of aromatic nitrogens is 1. The summed E-state index contributed by atoms with van der Waals surface area (Å²) in [5.41, 5.74) is 5.38. The van der Waals surface area contributed by atoms with E-state index in [-0.39, 0.29) is 12.4 Å². The first-order valence-corrected chi connectivity index (χ1v) is 11.6. The standard InChI is InChI=1S/C27H34N2O5/c1-20-24(29-26(33-20)22-10-6-5-7-11-22)19-31-23-14-12-21(13-15-23)9-8-17-28-32-18-16-25(30)34-27(2,3)4/h5-7,10-15,28H,8-9,16-19H2,1-4H3. The molecule has 0 aliphatic rings. The molecule has 3 rings (SSSR count). The van der Waals surface area contributed by atoms with Crippen LogP contribution in [0.15, 0.2) is 59.0 Å². The fourth-order valence-electron chi connectivity index (χ4n) is 3.21. The molecule has 3 aromatic rings. The number of aryl methyl sites for hydroxylation is 2. The molecule has 2 aromatic carbocycles. The zero-order valence-corrected chi connectivity index (χ0v) is 20.4. The average molecular weight is 467 g/mol. The summed E-state index contributed by atoms with van der Waals surface area (Å²) in [6, 6.07) is 17.9. The molecule has 1 N–H and O–H groups in total. The molecule has 7 heteroatoms. The van der Waals surface area contributed by atoms with Crippen molar-refractivity contribution < 1.29 is 23.5 Å². The summed E-state index contributed by atoms with van der Waals surface area (Å²) in [6.07, 6.45) is 2.05. The lowest BCUT2D eigenvalue weighted by atomic mass is 10.1. The number of hydrogen-bond acceptors (Lipinski definition) is 7. The van der Waals surface area contributed by atoms with Crippen molar-refractivity contribution in [2.24, 2.45) is 0 Å². The summed E-state index contributed by atoms with van der Waals surface area (Å²) in [4.78, 5) is 21.5. The van der Waals surface area contributed by atoms with Crippen molar-refractivity contribution in [3.8, 4) is 17.2 Å². The highest BCUT2D eigenvalue weighted by molar-refractivity contribution is 5.69. The summed E-state index contributed by atoms with van der Waals surface area (Å²) in [6.45, 7) is 8.79. The lowest BCUT2D eigenvalue weighted by Gasteiger charge is -2.19. The Balaban J connectivity index is 1.33. The fourth-order valence-corrected chi connectivity index (χ4v) is 3.21. The van der Waals surface area contributed by atoms with E-state index in [9.17, 15) is 4.79 Å². The molecule has 0 fully saturated rings. The molecule has 0 atom stereocenters. The van der Waals surface area contributed by atoms with Gasteiger partial charge in [-0.3, -0.25) is 4.79 Å². The monoisotopic (exact) mass is 466 g/mol. The molecule has 0 saturated heterocycles. The zero-order chi connectivity index (χ0) is 24.4. The molecule has 0 aliphatic heterocycles. The molecule has 0 radical (unpaired) electrons. The highest BCUT2D eigenvalue weighted by Crippen LogP contribution is 2.23. The smallest absolute Gasteiger partial charge is 0.308 e. The lowest BCUT2D eigenvalue weighted by Crippen LogP contribution is -2.25. The summed E-state index contributed by atoms with van der Waals surface area (Å²) in [5.74, 6) is 1.90. The lowest BCUT2D eigenvalue weighted by molar-refractivity contribution is -0.156. The minimum Gasteiger partial charge on any atom is -0.487 e. The van der Waals surface area contributed by atoms with E-state index >= 15 is 0 Å². The van der Waals surface area contributed by atoms with Crippen LogP contribution in [0.1, 0.15) is 50.6 Å². The maximum atomic E-state index is 11.6. The van der Waals surface area contributed by atoms with E-state index < -0.39 is 5.60 Å². The summed E-state index contributed by atoms with van der Waals surface area (Å²) in [5, 5.41) is 0. The maximum absolute atomic E-state index is 11.6. The highest BCUT2D eigenvalue weighted by Gasteiger charge is 2.15. The summed E-state index contributed by atoms with van der Waals surface area (Å²) in [7, 11) is 0. The van der Waals surface area contributed by atoms with Crippen LogP contribution in [-0.2, 0) is 27.4 Å². The Morgan fingerprint density at radius 3 is 2.50 bits per heavy atom. The van der Waals surface area contributed by atoms with Crippen molar-refractivity contribution >= 4 is 5.97 Å². The van der Waals surface area contributed by atoms with Crippen LogP contribution in [0.2, 0.25) is 0 Å². The van der Waals surface area contributed by atoms with Crippen molar-refractivity contribution in [1.29, 1.82) is 0 Å². The Bertz CT molecular complexity index is 1020. The van der Waals surface area contributed by atoms with Crippen molar-refractivity contribution in [3.05, 3.63) is 71.6 Å². The molecule has 34 heavy (non-hydrogen) atoms. The molecule has 0 spiro atoms. The molecular weight excluding hydrogens is 432 g/mol. The van der Waals surface area contributed by atoms with Crippen LogP contribution in [0.25, 0.3) is 11.5 Å². The molecular formula is C27H34N2O5. The second kappa shape index (κ2) is 12.3. The van der Waals surface area contributed by atoms with E-state index in [1.165, 1.54) is 5.56 Å². The first-order valence-electron chi connectivity index (χ1n) is 11.6. The van der Waals surface area contributed by atoms with E-state index in [0.29, 0.717) is 25.6 Å². The van der Waals surface area contributed by atoms with Crippen LogP contribution < -0.4 is 10.2 Å². The Labute approximate surface area is 201 Å². The van der Waals surface area contributed by atoms with Gasteiger partial charge in [-0.15, -0.1) is 0 Å². The topological polar surface area (TPSA) is 82.8 Å². The van der Waals surface area contributed by atoms with Crippen LogP contribution >= 0.6 is 0 Å². The molecule has 0 saturated carbocycles. The number of rotatable bonds is 12. The number of hydroxylamine groups is 1. The van der Waals surface area contributed by atoms with E-state index in [1.807, 2.05) is 70.2 Å². The largest absolute Gasteiger partial charge is 0.487 e. The zero-order valence-electron chi connectivity index (χ0n) is 20.4. The van der Waals surface area contributed by atoms with Gasteiger partial charge in [-0.05, 0) is 70.4 Å². The van der Waals surface area contributed by atoms with E-state index in [0.717, 1.165) is 35.6 Å². The van der Waals surface area contributed by atoms with Crippen LogP contribution in [0, 0.1) is 6.92 Å². The quantitative estimate of drug-likeness (QED) is 0.217. The minimum absolute atomic E-state index is 0.229. The number of carbonyl (C=O) groups excluding carboxylic acids is 1. The first kappa shape index (κ1) is 25.5. The third kappa shape index (κ3) is 8.65. The second-order valence-corrected chi connectivity index (χ2v) is 9.00. The van der Waals surface area contributed by atoms with Gasteiger partial charge in [0.2, 0.25) is 5.89 Å². The van der Waals surface area contributed by atoms with Gasteiger partial charge in [-0.2, -0.15) is 0 Å². The number of hydrogen-bond donors (Lipinski definition) is 1. The van der Waals surface area contributed by atoms with Gasteiger partial charge >= 0.3 is 5.97 Å². The van der Waals surface area contributed by atoms with Crippen molar-refractivity contribution in [2.75, 3.05) is 13.2 Å². The number of nitrogens with zero attached hydrogens (tertiary/aromatic N) is 1. The molecule has 1 aromatic heterocycles. The average Bonchev–Trinajstić information content (AvgIpc) is 3.18. The molecule has 0 amide bonds. The van der Waals surface area contributed by atoms with Crippen molar-refractivity contribution in [1.82, 2.24) is 10.5 Å². The van der Waals surface area contributed by atoms with Gasteiger partial charge in [-0.1, -0.05) is 30.3 Å². The van der Waals surface area contributed by atoms with Gasteiger partial charge in [0.15, 0.2) is 0 Å². The van der Waals surface area contributed by atoms with E-state index in [2.05, 4.69) is 22.6 Å². The number of benzene rings is 2. The number of nitrogens with one attached hydrogen (secondary N) is 1. The van der Waals surface area contributed by atoms with Crippen LogP contribution in [0.4, 0.5) is 0 Å². The number of carbonyl (C=O) groups is 1. The fraction of sp³-hybridized carbons (Fsp3) is 0.407. The minimum atomic E-state index is -0.466. The molecule has 7 nitrogen and oxygen atoms in total. The van der Waals surface area contributed by atoms with Crippen molar-refractivity contribution in [3.63, 3.8) is 0 Å². The first-order chi connectivity index (χ1) is 16.3. The van der Waals surface area contributed by atoms with Crippen LogP contribution in [0.5, 0.6) is 5.75 Å². The highest BCUT2D eigenvalue weighted by atomic mass is 16.6. The maximum Gasteiger partial charge on any atom is 0.308 e. The Morgan fingerprint density at radius 1 is 1.06 bits per heavy atom. The predicted molar refractivity (Wildman–Crippen MR) is 130 cm³/mol. The molecule has 182 valence electrons. The molecule has 0 unspecified atom stereocenters. The summed E-state index contributed by atoms with van der Waals surface area (Å²) >= 11 is 0. The number of esters is 1. The Morgan fingerprint density at radius 2 is 1.79 bits per heavy atom. The molecule has 0 bridgehead atoms. The van der Waals surface area contributed by atoms with Gasteiger partial charge in [0.05, 0.1) is 13.0 Å². The van der Waals surface area contributed by atoms with Crippen LogP contribution in [0.3, 0.4) is 0 Å². The second-order valence-electron chi connectivity index (χ2n) is 9.00. The number of ether oxygens (including phenoxy) is 2. The third-order valence-corrected chi connectivity index (χ3v) is 4.89. The molecule has 0 aliphatic carbocycles. The van der Waals surface area contributed by atoms with Gasteiger partial charge in [-0.25, -0.2) is 10.5 Å². The summed E-state index contributed by atoms with van der Waals surface area (Å²) < 4.78 is 16.9.